The zero-order chi connectivity index (χ0) is 28.7. The zero-order valence-corrected chi connectivity index (χ0v) is 23.3. The van der Waals surface area contributed by atoms with E-state index in [-0.39, 0.29) is 24.9 Å². The van der Waals surface area contributed by atoms with Gasteiger partial charge in [0.15, 0.2) is 5.82 Å². The maximum atomic E-state index is 13.6. The summed E-state index contributed by atoms with van der Waals surface area (Å²) in [6, 6.07) is 17.5. The first-order valence-electron chi connectivity index (χ1n) is 13.5. The minimum atomic E-state index is -1.19. The third-order valence-electron chi connectivity index (χ3n) is 6.82. The summed E-state index contributed by atoms with van der Waals surface area (Å²) in [7, 11) is 0. The number of carbonyl (C=O) groups excluding carboxylic acids is 3. The number of aromatic nitrogens is 2. The standard InChI is InChI=1S/C30H38N6O4/c1-21-32-25(18-36(21)26(23-14-8-5-9-15-23)28(38)35-16-10-11-17-35)34-27(37)24(33-29(39)30(2,3)31)20-40-19-22-12-6-4-7-13-22/h4-9,12-15,18,24,26H,10-11,16-17,19-20,31H2,1-3H3,(H,33,39)(H,34,37). The fourth-order valence-electron chi connectivity index (χ4n) is 4.58. The second kappa shape index (κ2) is 12.9. The van der Waals surface area contributed by atoms with Gasteiger partial charge in [0, 0.05) is 19.3 Å². The van der Waals surface area contributed by atoms with E-state index >= 15 is 0 Å². The molecule has 0 radical (unpaired) electrons. The van der Waals surface area contributed by atoms with Crippen LogP contribution in [0.2, 0.25) is 0 Å². The van der Waals surface area contributed by atoms with Crippen LogP contribution in [0.1, 0.15) is 49.7 Å². The van der Waals surface area contributed by atoms with Crippen LogP contribution < -0.4 is 16.4 Å². The van der Waals surface area contributed by atoms with Gasteiger partial charge in [-0.1, -0.05) is 60.7 Å². The van der Waals surface area contributed by atoms with Gasteiger partial charge in [0.1, 0.15) is 17.9 Å². The molecule has 4 N–H and O–H groups in total. The number of hydrogen-bond donors (Lipinski definition) is 3. The predicted molar refractivity (Wildman–Crippen MR) is 152 cm³/mol. The third-order valence-corrected chi connectivity index (χ3v) is 6.82. The molecule has 3 aromatic rings. The van der Waals surface area contributed by atoms with Crippen molar-refractivity contribution in [1.29, 1.82) is 0 Å². The Bertz CT molecular complexity index is 1300. The highest BCUT2D eigenvalue weighted by Crippen LogP contribution is 2.26. The van der Waals surface area contributed by atoms with Crippen molar-refractivity contribution in [3.8, 4) is 0 Å². The maximum absolute atomic E-state index is 13.6. The first-order chi connectivity index (χ1) is 19.1. The van der Waals surface area contributed by atoms with Crippen molar-refractivity contribution in [3.05, 3.63) is 83.8 Å². The second-order valence-electron chi connectivity index (χ2n) is 10.7. The molecule has 0 bridgehead atoms. The van der Waals surface area contributed by atoms with Crippen LogP contribution in [0.25, 0.3) is 0 Å². The Hall–Kier alpha value is -4.02. The summed E-state index contributed by atoms with van der Waals surface area (Å²) in [5.74, 6) is -0.158. The van der Waals surface area contributed by atoms with Crippen LogP contribution in [0.3, 0.4) is 0 Å². The van der Waals surface area contributed by atoms with E-state index in [1.807, 2.05) is 65.6 Å². The normalized spacial score (nSPS) is 14.9. The van der Waals surface area contributed by atoms with Gasteiger partial charge in [-0.05, 0) is 44.7 Å². The van der Waals surface area contributed by atoms with Gasteiger partial charge in [-0.15, -0.1) is 0 Å². The van der Waals surface area contributed by atoms with Gasteiger partial charge < -0.3 is 30.6 Å². The van der Waals surface area contributed by atoms with Crippen molar-refractivity contribution in [3.63, 3.8) is 0 Å². The lowest BCUT2D eigenvalue weighted by Crippen LogP contribution is -2.56. The second-order valence-corrected chi connectivity index (χ2v) is 10.7. The van der Waals surface area contributed by atoms with Crippen molar-refractivity contribution in [2.75, 3.05) is 25.0 Å². The van der Waals surface area contributed by atoms with E-state index in [1.54, 1.807) is 31.5 Å². The maximum Gasteiger partial charge on any atom is 0.250 e. The first kappa shape index (κ1) is 29.0. The fourth-order valence-corrected chi connectivity index (χ4v) is 4.58. The van der Waals surface area contributed by atoms with Crippen LogP contribution in [-0.2, 0) is 25.7 Å². The Labute approximate surface area is 234 Å². The number of carbonyl (C=O) groups is 3. The minimum Gasteiger partial charge on any atom is -0.374 e. The molecule has 0 saturated carbocycles. The predicted octanol–water partition coefficient (Wildman–Crippen LogP) is 2.78. The van der Waals surface area contributed by atoms with Gasteiger partial charge in [0.2, 0.25) is 11.8 Å². The third kappa shape index (κ3) is 7.34. The Morgan fingerprint density at radius 3 is 2.27 bits per heavy atom. The summed E-state index contributed by atoms with van der Waals surface area (Å²) in [4.78, 5) is 46.0. The Morgan fingerprint density at radius 1 is 1.02 bits per heavy atom. The van der Waals surface area contributed by atoms with Gasteiger partial charge >= 0.3 is 0 Å². The van der Waals surface area contributed by atoms with E-state index in [0.717, 1.165) is 37.1 Å². The number of imidazole rings is 1. The van der Waals surface area contributed by atoms with E-state index in [9.17, 15) is 14.4 Å². The molecule has 1 fully saturated rings. The number of anilines is 1. The molecule has 10 nitrogen and oxygen atoms in total. The van der Waals surface area contributed by atoms with Gasteiger partial charge in [-0.25, -0.2) is 4.98 Å². The van der Waals surface area contributed by atoms with Crippen molar-refractivity contribution >= 4 is 23.5 Å². The molecule has 1 aromatic heterocycles. The molecule has 1 aliphatic rings. The minimum absolute atomic E-state index is 0.00768. The topological polar surface area (TPSA) is 132 Å². The molecule has 0 spiro atoms. The number of likely N-dealkylation sites (tertiary alicyclic amines) is 1. The average molecular weight is 547 g/mol. The number of hydrogen-bond acceptors (Lipinski definition) is 6. The molecule has 212 valence electrons. The van der Waals surface area contributed by atoms with Crippen molar-refractivity contribution < 1.29 is 19.1 Å². The molecule has 40 heavy (non-hydrogen) atoms. The van der Waals surface area contributed by atoms with Crippen LogP contribution in [0.4, 0.5) is 5.82 Å². The van der Waals surface area contributed by atoms with Crippen molar-refractivity contribution in [2.45, 2.75) is 57.8 Å². The van der Waals surface area contributed by atoms with Crippen LogP contribution in [0.15, 0.2) is 66.9 Å². The number of aryl methyl sites for hydroxylation is 1. The van der Waals surface area contributed by atoms with E-state index < -0.39 is 29.4 Å². The molecule has 3 amide bonds. The van der Waals surface area contributed by atoms with Gasteiger partial charge in [-0.3, -0.25) is 14.4 Å². The Morgan fingerprint density at radius 2 is 1.65 bits per heavy atom. The molecular weight excluding hydrogens is 508 g/mol. The Balaban J connectivity index is 1.53. The van der Waals surface area contributed by atoms with Crippen LogP contribution in [-0.4, -0.2) is 63.4 Å². The summed E-state index contributed by atoms with van der Waals surface area (Å²) < 4.78 is 7.56. The Kier molecular flexibility index (Phi) is 9.34. The first-order valence-corrected chi connectivity index (χ1v) is 13.5. The van der Waals surface area contributed by atoms with Gasteiger partial charge in [0.25, 0.3) is 5.91 Å². The fraction of sp³-hybridized carbons (Fsp3) is 0.400. The molecular formula is C30H38N6O4. The number of benzene rings is 2. The van der Waals surface area contributed by atoms with E-state index in [0.29, 0.717) is 5.82 Å². The molecule has 10 heteroatoms. The van der Waals surface area contributed by atoms with Crippen molar-refractivity contribution in [1.82, 2.24) is 19.8 Å². The van der Waals surface area contributed by atoms with Gasteiger partial charge in [0.05, 0.1) is 18.8 Å². The lowest BCUT2D eigenvalue weighted by Gasteiger charge is -2.25. The van der Waals surface area contributed by atoms with Crippen LogP contribution in [0, 0.1) is 6.92 Å². The number of amides is 3. The lowest BCUT2D eigenvalue weighted by atomic mass is 10.1. The summed E-state index contributed by atoms with van der Waals surface area (Å²) >= 11 is 0. The average Bonchev–Trinajstić information content (AvgIpc) is 3.59. The monoisotopic (exact) mass is 546 g/mol. The number of nitrogens with one attached hydrogen (secondary N) is 2. The SMILES string of the molecule is Cc1nc(NC(=O)C(COCc2ccccc2)NC(=O)C(C)(C)N)cn1C(C(=O)N1CCCC1)c1ccccc1. The number of nitrogens with zero attached hydrogens (tertiary/aromatic N) is 3. The molecule has 2 atom stereocenters. The zero-order valence-electron chi connectivity index (χ0n) is 23.3. The summed E-state index contributed by atoms with van der Waals surface area (Å²) in [6.45, 7) is 6.58. The summed E-state index contributed by atoms with van der Waals surface area (Å²) in [6.07, 6.45) is 3.63. The molecule has 1 aliphatic heterocycles. The summed E-state index contributed by atoms with van der Waals surface area (Å²) in [5.41, 5.74) is 6.55. The van der Waals surface area contributed by atoms with Crippen LogP contribution >= 0.6 is 0 Å². The number of rotatable bonds is 11. The quantitative estimate of drug-likeness (QED) is 0.339. The smallest absolute Gasteiger partial charge is 0.250 e. The highest BCUT2D eigenvalue weighted by atomic mass is 16.5. The molecule has 2 aromatic carbocycles. The highest BCUT2D eigenvalue weighted by molar-refractivity contribution is 5.98. The number of ether oxygens (including phenoxy) is 1. The van der Waals surface area contributed by atoms with Crippen LogP contribution in [0.5, 0.6) is 0 Å². The molecule has 2 unspecified atom stereocenters. The van der Waals surface area contributed by atoms with Crippen molar-refractivity contribution in [2.24, 2.45) is 5.73 Å². The number of nitrogens with two attached hydrogens (primary N) is 1. The van der Waals surface area contributed by atoms with Gasteiger partial charge in [-0.2, -0.15) is 0 Å². The summed E-state index contributed by atoms with van der Waals surface area (Å²) in [5, 5.41) is 5.48. The molecule has 1 saturated heterocycles. The molecule has 4 rings (SSSR count). The molecule has 2 heterocycles. The van der Waals surface area contributed by atoms with E-state index in [4.69, 9.17) is 10.5 Å². The lowest BCUT2D eigenvalue weighted by molar-refractivity contribution is -0.132. The highest BCUT2D eigenvalue weighted by Gasteiger charge is 2.32. The largest absolute Gasteiger partial charge is 0.374 e. The van der Waals surface area contributed by atoms with E-state index in [1.165, 1.54) is 0 Å². The molecule has 0 aliphatic carbocycles. The van der Waals surface area contributed by atoms with E-state index in [2.05, 4.69) is 15.6 Å².